The molecule has 0 saturated heterocycles. The molecule has 1 aromatic heterocycles. The molecule has 1 aliphatic heterocycles. The van der Waals surface area contributed by atoms with E-state index in [2.05, 4.69) is 0 Å². The lowest BCUT2D eigenvalue weighted by molar-refractivity contribution is -0.0229. The van der Waals surface area contributed by atoms with Crippen LogP contribution in [0.4, 0.5) is 0 Å². The summed E-state index contributed by atoms with van der Waals surface area (Å²) >= 11 is 0. The first-order valence-corrected chi connectivity index (χ1v) is 5.90. The fourth-order valence-electron chi connectivity index (χ4n) is 2.25. The van der Waals surface area contributed by atoms with Gasteiger partial charge in [0.1, 0.15) is 17.4 Å². The number of rotatable bonds is 1. The van der Waals surface area contributed by atoms with Gasteiger partial charge in [0, 0.05) is 23.4 Å². The highest BCUT2D eigenvalue weighted by Gasteiger charge is 2.36. The van der Waals surface area contributed by atoms with Crippen molar-refractivity contribution in [3.63, 3.8) is 0 Å². The zero-order valence-electron chi connectivity index (χ0n) is 10.3. The summed E-state index contributed by atoms with van der Waals surface area (Å²) in [6, 6.07) is 6.84. The van der Waals surface area contributed by atoms with Crippen molar-refractivity contribution in [1.82, 2.24) is 0 Å². The van der Waals surface area contributed by atoms with E-state index < -0.39 is 5.60 Å². The van der Waals surface area contributed by atoms with Gasteiger partial charge in [-0.15, -0.1) is 0 Å². The molecule has 0 bridgehead atoms. The number of ether oxygens (including phenoxy) is 1. The Hall–Kier alpha value is -1.81. The molecule has 0 saturated carbocycles. The lowest BCUT2D eigenvalue weighted by Gasteiger charge is -2.24. The van der Waals surface area contributed by atoms with Crippen LogP contribution in [0.5, 0.6) is 5.75 Å². The van der Waals surface area contributed by atoms with Crippen LogP contribution in [-0.2, 0) is 6.42 Å². The minimum absolute atomic E-state index is 0.316. The third-order valence-corrected chi connectivity index (χ3v) is 3.30. The molecule has 1 aliphatic rings. The van der Waals surface area contributed by atoms with Gasteiger partial charge in [-0.05, 0) is 32.0 Å². The number of hydrogen-bond donors (Lipinski definition) is 1. The molecule has 3 rings (SSSR count). The topological polar surface area (TPSA) is 59.7 Å². The zero-order valence-corrected chi connectivity index (χ0v) is 10.3. The highest BCUT2D eigenvalue weighted by atomic mass is 16.5. The van der Waals surface area contributed by atoms with E-state index in [-0.39, 0.29) is 11.7 Å². The average Bonchev–Trinajstić information content (AvgIpc) is 2.72. The predicted octanol–water partition coefficient (Wildman–Crippen LogP) is 1.87. The zero-order chi connectivity index (χ0) is 12.9. The van der Waals surface area contributed by atoms with E-state index in [9.17, 15) is 9.90 Å². The Kier molecular flexibility index (Phi) is 2.25. The van der Waals surface area contributed by atoms with Crippen molar-refractivity contribution in [2.75, 3.05) is 0 Å². The first kappa shape index (κ1) is 11.3. The first-order chi connectivity index (χ1) is 8.45. The summed E-state index contributed by atoms with van der Waals surface area (Å²) in [6.07, 6.45) is 0.229. The van der Waals surface area contributed by atoms with E-state index >= 15 is 0 Å². The summed E-state index contributed by atoms with van der Waals surface area (Å²) in [5.41, 5.74) is 0.118. The molecule has 2 heterocycles. The summed E-state index contributed by atoms with van der Waals surface area (Å²) < 4.78 is 11.0. The Morgan fingerprint density at radius 2 is 2.00 bits per heavy atom. The molecule has 1 atom stereocenters. The Morgan fingerprint density at radius 1 is 1.28 bits per heavy atom. The van der Waals surface area contributed by atoms with Crippen molar-refractivity contribution in [3.8, 4) is 5.75 Å². The SMILES string of the molecule is CC(C)(O)C1Cc2c(ccc3ccc(=O)oc23)O1. The molecule has 4 nitrogen and oxygen atoms in total. The molecular weight excluding hydrogens is 232 g/mol. The molecule has 0 fully saturated rings. The quantitative estimate of drug-likeness (QED) is 0.780. The second kappa shape index (κ2) is 3.59. The van der Waals surface area contributed by atoms with Gasteiger partial charge in [0.25, 0.3) is 0 Å². The normalized spacial score (nSPS) is 18.7. The molecule has 4 heteroatoms. The largest absolute Gasteiger partial charge is 0.487 e. The van der Waals surface area contributed by atoms with Gasteiger partial charge in [-0.2, -0.15) is 0 Å². The van der Waals surface area contributed by atoms with Crippen LogP contribution in [0.2, 0.25) is 0 Å². The number of benzene rings is 1. The van der Waals surface area contributed by atoms with E-state index in [1.807, 2.05) is 12.1 Å². The van der Waals surface area contributed by atoms with Crippen LogP contribution in [0.3, 0.4) is 0 Å². The van der Waals surface area contributed by atoms with Gasteiger partial charge in [-0.25, -0.2) is 4.79 Å². The highest BCUT2D eigenvalue weighted by Crippen LogP contribution is 2.37. The van der Waals surface area contributed by atoms with E-state index in [0.29, 0.717) is 17.8 Å². The summed E-state index contributed by atoms with van der Waals surface area (Å²) in [6.45, 7) is 3.42. The smallest absolute Gasteiger partial charge is 0.336 e. The third-order valence-electron chi connectivity index (χ3n) is 3.30. The summed E-state index contributed by atoms with van der Waals surface area (Å²) in [5.74, 6) is 0.684. The van der Waals surface area contributed by atoms with E-state index in [0.717, 1.165) is 10.9 Å². The van der Waals surface area contributed by atoms with Gasteiger partial charge in [0.15, 0.2) is 0 Å². The van der Waals surface area contributed by atoms with Gasteiger partial charge in [-0.1, -0.05) is 0 Å². The van der Waals surface area contributed by atoms with Crippen molar-refractivity contribution in [3.05, 3.63) is 40.2 Å². The fraction of sp³-hybridized carbons (Fsp3) is 0.357. The molecule has 0 radical (unpaired) electrons. The Morgan fingerprint density at radius 3 is 2.72 bits per heavy atom. The molecular formula is C14H14O4. The van der Waals surface area contributed by atoms with Crippen molar-refractivity contribution < 1.29 is 14.3 Å². The van der Waals surface area contributed by atoms with Crippen molar-refractivity contribution >= 4 is 11.0 Å². The summed E-state index contributed by atoms with van der Waals surface area (Å²) in [5, 5.41) is 10.9. The molecule has 1 aromatic carbocycles. The van der Waals surface area contributed by atoms with Crippen LogP contribution in [-0.4, -0.2) is 16.8 Å². The van der Waals surface area contributed by atoms with Crippen LogP contribution in [0.15, 0.2) is 33.5 Å². The monoisotopic (exact) mass is 246 g/mol. The molecule has 18 heavy (non-hydrogen) atoms. The molecule has 1 N–H and O–H groups in total. The minimum atomic E-state index is -0.930. The van der Waals surface area contributed by atoms with Gasteiger partial charge in [0.05, 0.1) is 5.60 Å². The standard InChI is InChI=1S/C14H14O4/c1-14(2,16)11-7-9-10(17-11)5-3-8-4-6-12(15)18-13(8)9/h3-6,11,16H,7H2,1-2H3. The molecule has 94 valence electrons. The van der Waals surface area contributed by atoms with Crippen LogP contribution in [0.25, 0.3) is 11.0 Å². The first-order valence-electron chi connectivity index (χ1n) is 5.90. The molecule has 2 aromatic rings. The van der Waals surface area contributed by atoms with E-state index in [1.54, 1.807) is 19.9 Å². The minimum Gasteiger partial charge on any atom is -0.487 e. The van der Waals surface area contributed by atoms with Crippen LogP contribution >= 0.6 is 0 Å². The second-order valence-electron chi connectivity index (χ2n) is 5.18. The summed E-state index contributed by atoms with van der Waals surface area (Å²) in [4.78, 5) is 11.3. The number of fused-ring (bicyclic) bond motifs is 3. The Balaban J connectivity index is 2.16. The lowest BCUT2D eigenvalue weighted by Crippen LogP contribution is -2.39. The average molecular weight is 246 g/mol. The molecule has 0 spiro atoms. The van der Waals surface area contributed by atoms with E-state index in [1.165, 1.54) is 6.07 Å². The van der Waals surface area contributed by atoms with Gasteiger partial charge < -0.3 is 14.3 Å². The van der Waals surface area contributed by atoms with Gasteiger partial charge in [0.2, 0.25) is 0 Å². The number of aliphatic hydroxyl groups is 1. The molecule has 0 aliphatic carbocycles. The van der Waals surface area contributed by atoms with Crippen LogP contribution in [0.1, 0.15) is 19.4 Å². The highest BCUT2D eigenvalue weighted by molar-refractivity contribution is 5.82. The van der Waals surface area contributed by atoms with Gasteiger partial charge >= 0.3 is 5.63 Å². The maximum Gasteiger partial charge on any atom is 0.336 e. The maximum absolute atomic E-state index is 11.3. The van der Waals surface area contributed by atoms with Gasteiger partial charge in [-0.3, -0.25) is 0 Å². The van der Waals surface area contributed by atoms with E-state index in [4.69, 9.17) is 9.15 Å². The maximum atomic E-state index is 11.3. The van der Waals surface area contributed by atoms with Crippen molar-refractivity contribution in [2.24, 2.45) is 0 Å². The molecule has 0 amide bonds. The lowest BCUT2D eigenvalue weighted by atomic mass is 9.96. The van der Waals surface area contributed by atoms with Crippen molar-refractivity contribution in [2.45, 2.75) is 32.0 Å². The molecule has 1 unspecified atom stereocenters. The third kappa shape index (κ3) is 1.69. The number of hydrogen-bond acceptors (Lipinski definition) is 4. The second-order valence-corrected chi connectivity index (χ2v) is 5.18. The fourth-order valence-corrected chi connectivity index (χ4v) is 2.25. The summed E-state index contributed by atoms with van der Waals surface area (Å²) in [7, 11) is 0. The van der Waals surface area contributed by atoms with Crippen LogP contribution < -0.4 is 10.4 Å². The van der Waals surface area contributed by atoms with Crippen LogP contribution in [0, 0.1) is 0 Å². The Bertz CT molecular complexity index is 664. The Labute approximate surface area is 104 Å². The predicted molar refractivity (Wildman–Crippen MR) is 66.9 cm³/mol. The van der Waals surface area contributed by atoms with Crippen molar-refractivity contribution in [1.29, 1.82) is 0 Å².